The number of hydrogen-bond donors (Lipinski definition) is 2. The largest absolute Gasteiger partial charge is 0.474 e. The minimum absolute atomic E-state index is 0.218. The third kappa shape index (κ3) is 2.23. The molecule has 0 spiro atoms. The topological polar surface area (TPSA) is 89.7 Å². The Bertz CT molecular complexity index is 530. The van der Waals surface area contributed by atoms with Crippen LogP contribution in [0.2, 0.25) is 0 Å². The second-order valence-corrected chi connectivity index (χ2v) is 4.75. The van der Waals surface area contributed by atoms with E-state index < -0.39 is 0 Å². The molecule has 1 saturated carbocycles. The predicted molar refractivity (Wildman–Crippen MR) is 68.2 cm³/mol. The van der Waals surface area contributed by atoms with Gasteiger partial charge in [0.1, 0.15) is 11.5 Å². The molecule has 0 aliphatic heterocycles. The number of H-pyrrole nitrogens is 1. The van der Waals surface area contributed by atoms with Gasteiger partial charge in [-0.15, -0.1) is 0 Å². The summed E-state index contributed by atoms with van der Waals surface area (Å²) in [5, 5.41) is 7.54. The van der Waals surface area contributed by atoms with E-state index in [1.54, 1.807) is 6.20 Å². The summed E-state index contributed by atoms with van der Waals surface area (Å²) in [5.74, 6) is 0.772. The molecule has 1 aliphatic carbocycles. The summed E-state index contributed by atoms with van der Waals surface area (Å²) in [7, 11) is 0. The summed E-state index contributed by atoms with van der Waals surface area (Å²) in [5.41, 5.74) is 6.30. The van der Waals surface area contributed by atoms with E-state index >= 15 is 0 Å². The second-order valence-electron chi connectivity index (χ2n) is 4.75. The van der Waals surface area contributed by atoms with Gasteiger partial charge in [-0.3, -0.25) is 5.10 Å². The number of nitrogen functional groups attached to an aromatic ring is 1. The number of aromatic nitrogens is 4. The van der Waals surface area contributed by atoms with Gasteiger partial charge in [0.15, 0.2) is 5.65 Å². The lowest BCUT2D eigenvalue weighted by atomic mass is 10.1. The normalized spacial score (nSPS) is 17.8. The molecule has 2 heterocycles. The van der Waals surface area contributed by atoms with E-state index in [0.717, 1.165) is 18.2 Å². The minimum Gasteiger partial charge on any atom is -0.474 e. The molecule has 3 rings (SSSR count). The van der Waals surface area contributed by atoms with Crippen LogP contribution < -0.4 is 10.5 Å². The third-order valence-corrected chi connectivity index (χ3v) is 3.37. The highest BCUT2D eigenvalue weighted by molar-refractivity contribution is 5.80. The molecule has 1 fully saturated rings. The van der Waals surface area contributed by atoms with Gasteiger partial charge in [-0.2, -0.15) is 15.1 Å². The Kier molecular flexibility index (Phi) is 3.00. The highest BCUT2D eigenvalue weighted by atomic mass is 16.5. The van der Waals surface area contributed by atoms with Crippen molar-refractivity contribution in [2.75, 3.05) is 5.73 Å². The van der Waals surface area contributed by atoms with Crippen molar-refractivity contribution in [3.05, 3.63) is 6.20 Å². The number of nitrogens with zero attached hydrogens (tertiary/aromatic N) is 3. The van der Waals surface area contributed by atoms with E-state index in [1.165, 1.54) is 25.7 Å². The van der Waals surface area contributed by atoms with E-state index in [-0.39, 0.29) is 12.1 Å². The third-order valence-electron chi connectivity index (χ3n) is 3.37. The molecular formula is C12H17N5O. The predicted octanol–water partition coefficient (Wildman–Crippen LogP) is 2.04. The molecule has 0 saturated heterocycles. The molecule has 0 bridgehead atoms. The molecule has 1 aliphatic rings. The van der Waals surface area contributed by atoms with Crippen molar-refractivity contribution in [1.29, 1.82) is 0 Å². The van der Waals surface area contributed by atoms with E-state index in [4.69, 9.17) is 10.5 Å². The minimum atomic E-state index is 0.218. The summed E-state index contributed by atoms with van der Waals surface area (Å²) in [6.45, 7) is 0. The van der Waals surface area contributed by atoms with Crippen LogP contribution >= 0.6 is 0 Å². The lowest BCUT2D eigenvalue weighted by Gasteiger charge is -2.16. The Morgan fingerprint density at radius 3 is 2.72 bits per heavy atom. The molecule has 0 aromatic carbocycles. The zero-order valence-corrected chi connectivity index (χ0v) is 10.2. The number of fused-ring (bicyclic) bond motifs is 1. The van der Waals surface area contributed by atoms with Crippen LogP contribution in [0.15, 0.2) is 6.20 Å². The summed E-state index contributed by atoms with van der Waals surface area (Å²) in [6.07, 6.45) is 9.13. The molecule has 6 nitrogen and oxygen atoms in total. The van der Waals surface area contributed by atoms with Crippen molar-refractivity contribution < 1.29 is 4.74 Å². The molecule has 18 heavy (non-hydrogen) atoms. The van der Waals surface area contributed by atoms with Crippen molar-refractivity contribution in [1.82, 2.24) is 20.2 Å². The monoisotopic (exact) mass is 247 g/mol. The number of hydrogen-bond acceptors (Lipinski definition) is 5. The molecule has 0 atom stereocenters. The van der Waals surface area contributed by atoms with Gasteiger partial charge in [0, 0.05) is 0 Å². The highest BCUT2D eigenvalue weighted by Crippen LogP contribution is 2.26. The number of nitrogens with one attached hydrogen (secondary N) is 1. The molecule has 96 valence electrons. The molecule has 0 unspecified atom stereocenters. The first kappa shape index (κ1) is 11.3. The van der Waals surface area contributed by atoms with Crippen LogP contribution in [0.25, 0.3) is 11.0 Å². The molecule has 0 amide bonds. The molecule has 3 N–H and O–H groups in total. The number of anilines is 1. The van der Waals surface area contributed by atoms with Crippen LogP contribution in [-0.2, 0) is 0 Å². The summed E-state index contributed by atoms with van der Waals surface area (Å²) < 4.78 is 6.00. The average molecular weight is 247 g/mol. The van der Waals surface area contributed by atoms with E-state index in [2.05, 4.69) is 20.2 Å². The van der Waals surface area contributed by atoms with E-state index in [9.17, 15) is 0 Å². The maximum absolute atomic E-state index is 6.00. The number of ether oxygens (including phenoxy) is 1. The molecule has 2 aromatic heterocycles. The zero-order valence-electron chi connectivity index (χ0n) is 10.2. The first-order chi connectivity index (χ1) is 8.83. The van der Waals surface area contributed by atoms with Crippen molar-refractivity contribution >= 4 is 17.0 Å². The lowest BCUT2D eigenvalue weighted by Crippen LogP contribution is -2.16. The first-order valence-corrected chi connectivity index (χ1v) is 6.46. The number of aromatic amines is 1. The zero-order chi connectivity index (χ0) is 12.4. The maximum atomic E-state index is 6.00. The fraction of sp³-hybridized carbons (Fsp3) is 0.583. The molecule has 0 radical (unpaired) electrons. The standard InChI is InChI=1S/C12H17N5O/c13-12-15-10-9(7-14-17-10)11(16-12)18-8-5-3-1-2-4-6-8/h7-8H,1-6H2,(H3,13,14,15,16,17). The molecular weight excluding hydrogens is 230 g/mol. The summed E-state index contributed by atoms with van der Waals surface area (Å²) in [4.78, 5) is 8.26. The van der Waals surface area contributed by atoms with Gasteiger partial charge >= 0.3 is 0 Å². The molecule has 6 heteroatoms. The van der Waals surface area contributed by atoms with Gasteiger partial charge in [0.2, 0.25) is 11.8 Å². The Hall–Kier alpha value is -1.85. The highest BCUT2D eigenvalue weighted by Gasteiger charge is 2.17. The van der Waals surface area contributed by atoms with Gasteiger partial charge in [0.05, 0.1) is 6.20 Å². The first-order valence-electron chi connectivity index (χ1n) is 6.46. The van der Waals surface area contributed by atoms with Gasteiger partial charge in [-0.25, -0.2) is 0 Å². The van der Waals surface area contributed by atoms with Crippen LogP contribution in [0.3, 0.4) is 0 Å². The smallest absolute Gasteiger partial charge is 0.229 e. The maximum Gasteiger partial charge on any atom is 0.229 e. The lowest BCUT2D eigenvalue weighted by molar-refractivity contribution is 0.179. The van der Waals surface area contributed by atoms with Crippen molar-refractivity contribution in [3.63, 3.8) is 0 Å². The number of nitrogens with two attached hydrogens (primary N) is 1. The molecule has 2 aromatic rings. The Balaban J connectivity index is 1.86. The summed E-state index contributed by atoms with van der Waals surface area (Å²) in [6, 6.07) is 0. The van der Waals surface area contributed by atoms with Crippen LogP contribution in [-0.4, -0.2) is 26.3 Å². The van der Waals surface area contributed by atoms with Crippen LogP contribution in [0, 0.1) is 0 Å². The SMILES string of the molecule is Nc1nc(OC2CCCCCC2)c2cn[nH]c2n1. The van der Waals surface area contributed by atoms with Crippen molar-refractivity contribution in [3.8, 4) is 5.88 Å². The second kappa shape index (κ2) is 4.80. The van der Waals surface area contributed by atoms with Crippen LogP contribution in [0.4, 0.5) is 5.95 Å². The number of rotatable bonds is 2. The van der Waals surface area contributed by atoms with Gasteiger partial charge in [-0.05, 0) is 25.7 Å². The fourth-order valence-corrected chi connectivity index (χ4v) is 2.43. The Morgan fingerprint density at radius 2 is 1.94 bits per heavy atom. The van der Waals surface area contributed by atoms with Gasteiger partial charge < -0.3 is 10.5 Å². The van der Waals surface area contributed by atoms with Crippen molar-refractivity contribution in [2.24, 2.45) is 0 Å². The van der Waals surface area contributed by atoms with E-state index in [0.29, 0.717) is 11.5 Å². The average Bonchev–Trinajstić information content (AvgIpc) is 2.66. The van der Waals surface area contributed by atoms with Gasteiger partial charge in [-0.1, -0.05) is 12.8 Å². The quantitative estimate of drug-likeness (QED) is 0.792. The van der Waals surface area contributed by atoms with Crippen LogP contribution in [0.1, 0.15) is 38.5 Å². The summed E-state index contributed by atoms with van der Waals surface area (Å²) >= 11 is 0. The Labute approximate surface area is 105 Å². The van der Waals surface area contributed by atoms with Gasteiger partial charge in [0.25, 0.3) is 0 Å². The fourth-order valence-electron chi connectivity index (χ4n) is 2.43. The van der Waals surface area contributed by atoms with E-state index in [1.807, 2.05) is 0 Å². The van der Waals surface area contributed by atoms with Crippen LogP contribution in [0.5, 0.6) is 5.88 Å². The van der Waals surface area contributed by atoms with Crippen molar-refractivity contribution in [2.45, 2.75) is 44.6 Å². The Morgan fingerprint density at radius 1 is 1.17 bits per heavy atom.